The maximum Gasteiger partial charge on any atom is 0.123 e. The van der Waals surface area contributed by atoms with Crippen molar-refractivity contribution in [3.8, 4) is 11.1 Å². The van der Waals surface area contributed by atoms with Crippen molar-refractivity contribution in [1.82, 2.24) is 4.90 Å². The molecule has 0 bridgehead atoms. The third kappa shape index (κ3) is 5.27. The summed E-state index contributed by atoms with van der Waals surface area (Å²) >= 11 is 0. The van der Waals surface area contributed by atoms with E-state index in [1.54, 1.807) is 0 Å². The van der Waals surface area contributed by atoms with Crippen molar-refractivity contribution in [3.05, 3.63) is 95.4 Å². The normalized spacial score (nSPS) is 17.6. The molecular formula is C29H30FN3O. The zero-order valence-corrected chi connectivity index (χ0v) is 19.5. The van der Waals surface area contributed by atoms with Gasteiger partial charge >= 0.3 is 0 Å². The molecule has 1 saturated heterocycles. The van der Waals surface area contributed by atoms with Crippen LogP contribution in [0.1, 0.15) is 29.5 Å². The minimum absolute atomic E-state index is 0.222. The zero-order chi connectivity index (χ0) is 23.3. The highest BCUT2D eigenvalue weighted by atomic mass is 19.1. The predicted octanol–water partition coefficient (Wildman–Crippen LogP) is 5.99. The molecule has 0 spiro atoms. The molecule has 0 saturated carbocycles. The summed E-state index contributed by atoms with van der Waals surface area (Å²) in [6.07, 6.45) is 6.60. The maximum atomic E-state index is 13.3. The van der Waals surface area contributed by atoms with Crippen LogP contribution in [0.15, 0.2) is 77.9 Å². The summed E-state index contributed by atoms with van der Waals surface area (Å²) in [5.74, 6) is -0.222. The van der Waals surface area contributed by atoms with Gasteiger partial charge < -0.3 is 10.1 Å². The van der Waals surface area contributed by atoms with Crippen LogP contribution in [0.2, 0.25) is 0 Å². The summed E-state index contributed by atoms with van der Waals surface area (Å²) in [6.45, 7) is 3.78. The average Bonchev–Trinajstić information content (AvgIpc) is 2.89. The molecule has 2 aliphatic rings. The van der Waals surface area contributed by atoms with Gasteiger partial charge in [0.15, 0.2) is 0 Å². The number of nitrogens with zero attached hydrogens (tertiary/aromatic N) is 2. The van der Waals surface area contributed by atoms with E-state index in [0.29, 0.717) is 12.6 Å². The fourth-order valence-electron chi connectivity index (χ4n) is 4.66. The van der Waals surface area contributed by atoms with E-state index < -0.39 is 0 Å². The van der Waals surface area contributed by atoms with Crippen LogP contribution in [0.4, 0.5) is 10.1 Å². The SMILES string of the molecule is COC1CCN(Cc2ccc(N/C=C3\CN=Cc4ccc(-c5ccc(F)cc5)cc43)cc2)CC1. The summed E-state index contributed by atoms with van der Waals surface area (Å²) in [6, 6.07) is 21.6. The van der Waals surface area contributed by atoms with E-state index in [1.165, 1.54) is 17.7 Å². The molecule has 174 valence electrons. The highest BCUT2D eigenvalue weighted by molar-refractivity contribution is 5.94. The van der Waals surface area contributed by atoms with E-state index in [2.05, 4.69) is 57.7 Å². The summed E-state index contributed by atoms with van der Waals surface area (Å²) in [5.41, 5.74) is 7.83. The molecule has 3 aromatic rings. The number of likely N-dealkylation sites (tertiary alicyclic amines) is 1. The van der Waals surface area contributed by atoms with Gasteiger partial charge in [0, 0.05) is 44.8 Å². The number of methoxy groups -OCH3 is 1. The van der Waals surface area contributed by atoms with E-state index in [0.717, 1.165) is 66.0 Å². The van der Waals surface area contributed by atoms with E-state index in [-0.39, 0.29) is 5.82 Å². The summed E-state index contributed by atoms with van der Waals surface area (Å²) < 4.78 is 18.8. The quantitative estimate of drug-likeness (QED) is 0.496. The Hall–Kier alpha value is -3.28. The first-order valence-corrected chi connectivity index (χ1v) is 11.9. The summed E-state index contributed by atoms with van der Waals surface area (Å²) in [7, 11) is 1.81. The van der Waals surface area contributed by atoms with Crippen molar-refractivity contribution in [1.29, 1.82) is 0 Å². The third-order valence-corrected chi connectivity index (χ3v) is 6.71. The molecule has 2 aliphatic heterocycles. The van der Waals surface area contributed by atoms with Gasteiger partial charge in [-0.25, -0.2) is 4.39 Å². The molecular weight excluding hydrogens is 425 g/mol. The van der Waals surface area contributed by atoms with Gasteiger partial charge in [0.05, 0.1) is 12.6 Å². The molecule has 5 heteroatoms. The molecule has 0 aliphatic carbocycles. The molecule has 0 aromatic heterocycles. The van der Waals surface area contributed by atoms with Crippen LogP contribution in [0.25, 0.3) is 16.7 Å². The Kier molecular flexibility index (Phi) is 6.84. The van der Waals surface area contributed by atoms with Gasteiger partial charge in [0.25, 0.3) is 0 Å². The van der Waals surface area contributed by atoms with Crippen molar-refractivity contribution >= 4 is 17.5 Å². The van der Waals surface area contributed by atoms with Gasteiger partial charge in [-0.05, 0) is 76.6 Å². The van der Waals surface area contributed by atoms with Crippen LogP contribution in [0, 0.1) is 5.82 Å². The second kappa shape index (κ2) is 10.3. The molecule has 1 fully saturated rings. The number of halogens is 1. The number of aliphatic imine (C=N–C) groups is 1. The van der Waals surface area contributed by atoms with Crippen molar-refractivity contribution in [3.63, 3.8) is 0 Å². The topological polar surface area (TPSA) is 36.9 Å². The lowest BCUT2D eigenvalue weighted by Gasteiger charge is -2.31. The molecule has 34 heavy (non-hydrogen) atoms. The van der Waals surface area contributed by atoms with Crippen molar-refractivity contribution in [2.75, 3.05) is 32.1 Å². The van der Waals surface area contributed by atoms with Gasteiger partial charge in [-0.2, -0.15) is 0 Å². The number of piperidine rings is 1. The van der Waals surface area contributed by atoms with E-state index in [9.17, 15) is 4.39 Å². The molecule has 0 atom stereocenters. The highest BCUT2D eigenvalue weighted by Crippen LogP contribution is 2.29. The number of anilines is 1. The predicted molar refractivity (Wildman–Crippen MR) is 138 cm³/mol. The van der Waals surface area contributed by atoms with Crippen LogP contribution in [-0.2, 0) is 11.3 Å². The fourth-order valence-corrected chi connectivity index (χ4v) is 4.66. The standard InChI is InChI=1S/C29H30FN3O/c1-34-28-12-14-33(15-13-28)20-21-2-10-27(11-3-21)32-19-25-18-31-17-24-5-4-23(16-29(24)25)22-6-8-26(30)9-7-22/h2-11,16-17,19,28,32H,12-15,18,20H2,1H3/b25-19+. The number of benzene rings is 3. The van der Waals surface area contributed by atoms with Crippen LogP contribution < -0.4 is 5.32 Å². The van der Waals surface area contributed by atoms with Gasteiger partial charge in [0.2, 0.25) is 0 Å². The van der Waals surface area contributed by atoms with Crippen molar-refractivity contribution < 1.29 is 9.13 Å². The Bertz CT molecular complexity index is 1180. The second-order valence-electron chi connectivity index (χ2n) is 9.00. The van der Waals surface area contributed by atoms with E-state index in [1.807, 2.05) is 31.7 Å². The fraction of sp³-hybridized carbons (Fsp3) is 0.276. The summed E-state index contributed by atoms with van der Waals surface area (Å²) in [5, 5.41) is 3.45. The first-order chi connectivity index (χ1) is 16.7. The highest BCUT2D eigenvalue weighted by Gasteiger charge is 2.18. The van der Waals surface area contributed by atoms with Gasteiger partial charge in [0.1, 0.15) is 5.82 Å². The molecule has 2 heterocycles. The molecule has 0 amide bonds. The number of hydrogen-bond acceptors (Lipinski definition) is 4. The molecule has 0 radical (unpaired) electrons. The minimum atomic E-state index is -0.222. The molecule has 4 nitrogen and oxygen atoms in total. The number of fused-ring (bicyclic) bond motifs is 1. The lowest BCUT2D eigenvalue weighted by atomic mass is 9.94. The Morgan fingerprint density at radius 2 is 1.74 bits per heavy atom. The minimum Gasteiger partial charge on any atom is -0.381 e. The van der Waals surface area contributed by atoms with E-state index >= 15 is 0 Å². The van der Waals surface area contributed by atoms with Crippen molar-refractivity contribution in [2.45, 2.75) is 25.5 Å². The number of rotatable bonds is 6. The third-order valence-electron chi connectivity index (χ3n) is 6.71. The maximum absolute atomic E-state index is 13.3. The van der Waals surface area contributed by atoms with Crippen LogP contribution in [0.3, 0.4) is 0 Å². The number of hydrogen-bond donors (Lipinski definition) is 1. The molecule has 5 rings (SSSR count). The number of nitrogens with one attached hydrogen (secondary N) is 1. The Labute approximate surface area is 200 Å². The molecule has 3 aromatic carbocycles. The Morgan fingerprint density at radius 3 is 2.47 bits per heavy atom. The van der Waals surface area contributed by atoms with E-state index in [4.69, 9.17) is 4.74 Å². The van der Waals surface area contributed by atoms with Crippen molar-refractivity contribution in [2.24, 2.45) is 4.99 Å². The first-order valence-electron chi connectivity index (χ1n) is 11.9. The van der Waals surface area contributed by atoms with Crippen LogP contribution in [-0.4, -0.2) is 44.0 Å². The first kappa shape index (κ1) is 22.5. The Balaban J connectivity index is 1.26. The molecule has 0 unspecified atom stereocenters. The summed E-state index contributed by atoms with van der Waals surface area (Å²) in [4.78, 5) is 7.02. The van der Waals surface area contributed by atoms with Gasteiger partial charge in [-0.15, -0.1) is 0 Å². The largest absolute Gasteiger partial charge is 0.381 e. The number of ether oxygens (including phenoxy) is 1. The van der Waals surface area contributed by atoms with Crippen LogP contribution >= 0.6 is 0 Å². The lowest BCUT2D eigenvalue weighted by Crippen LogP contribution is -2.36. The molecule has 1 N–H and O–H groups in total. The monoisotopic (exact) mass is 455 g/mol. The average molecular weight is 456 g/mol. The zero-order valence-electron chi connectivity index (χ0n) is 19.5. The smallest absolute Gasteiger partial charge is 0.123 e. The van der Waals surface area contributed by atoms with Gasteiger partial charge in [-0.1, -0.05) is 36.4 Å². The Morgan fingerprint density at radius 1 is 1.00 bits per heavy atom. The second-order valence-corrected chi connectivity index (χ2v) is 9.00. The van der Waals surface area contributed by atoms with Crippen LogP contribution in [0.5, 0.6) is 0 Å². The lowest BCUT2D eigenvalue weighted by molar-refractivity contribution is 0.0389. The van der Waals surface area contributed by atoms with Gasteiger partial charge in [-0.3, -0.25) is 9.89 Å².